The molecule has 0 fully saturated rings. The molecule has 5 rings (SSSR count). The van der Waals surface area contributed by atoms with Gasteiger partial charge >= 0.3 is 0 Å². The molecule has 1 aliphatic rings. The Kier molecular flexibility index (Phi) is 6.83. The number of ketones is 1. The smallest absolute Gasteiger partial charge is 0.195 e. The number of allylic oxidation sites excluding steroid dienone is 2. The molecule has 0 saturated heterocycles. The number of nitrogens with two attached hydrogens (primary N) is 1. The standard InChI is InChI=1S/C33H35F2N3O/c1-7-18(2)21(5)37(6)29-14-19(3)30-23(20(29)4)12-9-13-38-17-26(24-10-8-11-25(30)32(24)38)33(39)22-15-27(34)31(36)28(35)16-22/h8,10-11,14-17H,7,9,12-13,36H2,1-6H3/b21-18-. The van der Waals surface area contributed by atoms with Gasteiger partial charge in [-0.1, -0.05) is 30.7 Å². The van der Waals surface area contributed by atoms with Crippen LogP contribution in [0.4, 0.5) is 20.2 Å². The number of nitrogens with zero attached hydrogens (tertiary/aromatic N) is 2. The van der Waals surface area contributed by atoms with Gasteiger partial charge in [0.25, 0.3) is 0 Å². The van der Waals surface area contributed by atoms with Gasteiger partial charge in [0.2, 0.25) is 0 Å². The van der Waals surface area contributed by atoms with E-state index in [4.69, 9.17) is 5.73 Å². The van der Waals surface area contributed by atoms with E-state index >= 15 is 0 Å². The molecule has 0 aliphatic carbocycles. The Morgan fingerprint density at radius 2 is 1.79 bits per heavy atom. The Morgan fingerprint density at radius 1 is 1.10 bits per heavy atom. The van der Waals surface area contributed by atoms with Crippen molar-refractivity contribution in [1.82, 2.24) is 4.57 Å². The first-order valence-corrected chi connectivity index (χ1v) is 13.5. The fraction of sp³-hybridized carbons (Fsp3) is 0.303. The monoisotopic (exact) mass is 527 g/mol. The normalized spacial score (nSPS) is 13.5. The molecule has 0 radical (unpaired) electrons. The van der Waals surface area contributed by atoms with Gasteiger partial charge in [-0.25, -0.2) is 8.78 Å². The number of hydrogen-bond donors (Lipinski definition) is 1. The quantitative estimate of drug-likeness (QED) is 0.211. The lowest BCUT2D eigenvalue weighted by molar-refractivity contribution is 0.103. The molecule has 202 valence electrons. The molecule has 4 aromatic rings. The minimum Gasteiger partial charge on any atom is -0.394 e. The lowest BCUT2D eigenvalue weighted by atomic mass is 9.86. The second-order valence-electron chi connectivity index (χ2n) is 10.7. The number of rotatable bonds is 5. The summed E-state index contributed by atoms with van der Waals surface area (Å²) in [5.41, 5.74) is 16.1. The van der Waals surface area contributed by atoms with E-state index in [1.807, 2.05) is 18.3 Å². The molecule has 4 nitrogen and oxygen atoms in total. The summed E-state index contributed by atoms with van der Waals surface area (Å²) < 4.78 is 30.5. The molecule has 2 N–H and O–H groups in total. The van der Waals surface area contributed by atoms with Gasteiger partial charge < -0.3 is 15.2 Å². The molecule has 0 amide bonds. The van der Waals surface area contributed by atoms with Gasteiger partial charge in [0.15, 0.2) is 5.78 Å². The molecule has 39 heavy (non-hydrogen) atoms. The first kappa shape index (κ1) is 26.7. The Morgan fingerprint density at radius 3 is 2.46 bits per heavy atom. The number of anilines is 2. The first-order chi connectivity index (χ1) is 18.5. The summed E-state index contributed by atoms with van der Waals surface area (Å²) in [6.07, 6.45) is 4.65. The van der Waals surface area contributed by atoms with E-state index in [-0.39, 0.29) is 5.56 Å². The van der Waals surface area contributed by atoms with Gasteiger partial charge in [-0.05, 0) is 87.4 Å². The summed E-state index contributed by atoms with van der Waals surface area (Å²) >= 11 is 0. The van der Waals surface area contributed by atoms with E-state index in [0.29, 0.717) is 5.56 Å². The lowest BCUT2D eigenvalue weighted by Gasteiger charge is -2.29. The Hall–Kier alpha value is -3.93. The number of hydrogen-bond acceptors (Lipinski definition) is 3. The second-order valence-corrected chi connectivity index (χ2v) is 10.7. The van der Waals surface area contributed by atoms with Crippen molar-refractivity contribution in [2.75, 3.05) is 17.7 Å². The molecule has 0 bridgehead atoms. The van der Waals surface area contributed by atoms with Crippen LogP contribution in [-0.2, 0) is 13.0 Å². The minimum absolute atomic E-state index is 0.0515. The molecule has 0 atom stereocenters. The minimum atomic E-state index is -0.930. The highest BCUT2D eigenvalue weighted by Crippen LogP contribution is 2.42. The molecule has 2 heterocycles. The maximum atomic E-state index is 14.2. The van der Waals surface area contributed by atoms with Crippen molar-refractivity contribution in [1.29, 1.82) is 0 Å². The molecule has 0 spiro atoms. The van der Waals surface area contributed by atoms with Gasteiger partial charge in [0.1, 0.15) is 17.3 Å². The van der Waals surface area contributed by atoms with E-state index < -0.39 is 23.1 Å². The van der Waals surface area contributed by atoms with Gasteiger partial charge in [-0.15, -0.1) is 0 Å². The van der Waals surface area contributed by atoms with Crippen molar-refractivity contribution in [3.8, 4) is 11.1 Å². The third kappa shape index (κ3) is 4.32. The summed E-state index contributed by atoms with van der Waals surface area (Å²) in [4.78, 5) is 15.8. The SMILES string of the molecule is CC/C(C)=C(/C)N(C)c1cc(C)c2c(c1C)CCCn1cc(C(=O)c3cc(F)c(N)c(F)c3)c3cccc-2c31. The van der Waals surface area contributed by atoms with Crippen LogP contribution in [0.5, 0.6) is 0 Å². The fourth-order valence-electron chi connectivity index (χ4n) is 5.94. The van der Waals surface area contributed by atoms with Crippen LogP contribution >= 0.6 is 0 Å². The van der Waals surface area contributed by atoms with E-state index in [2.05, 4.69) is 63.3 Å². The van der Waals surface area contributed by atoms with E-state index in [9.17, 15) is 13.6 Å². The van der Waals surface area contributed by atoms with E-state index in [0.717, 1.165) is 54.4 Å². The number of para-hydroxylation sites is 1. The molecule has 0 saturated carbocycles. The number of nitrogen functional groups attached to an aromatic ring is 1. The third-order valence-corrected chi connectivity index (χ3v) is 8.48. The summed E-state index contributed by atoms with van der Waals surface area (Å²) in [7, 11) is 2.14. The Bertz CT molecular complexity index is 1660. The van der Waals surface area contributed by atoms with E-state index in [1.54, 1.807) is 0 Å². The van der Waals surface area contributed by atoms with Crippen LogP contribution in [0, 0.1) is 25.5 Å². The van der Waals surface area contributed by atoms with Gasteiger partial charge in [0, 0.05) is 53.3 Å². The molecule has 1 aromatic heterocycles. The molecule has 1 aliphatic heterocycles. The number of carbonyl (C=O) groups is 1. The van der Waals surface area contributed by atoms with Gasteiger partial charge in [-0.3, -0.25) is 4.79 Å². The zero-order valence-corrected chi connectivity index (χ0v) is 23.5. The Labute approximate surface area is 228 Å². The maximum Gasteiger partial charge on any atom is 0.195 e. The second kappa shape index (κ2) is 9.99. The summed E-state index contributed by atoms with van der Waals surface area (Å²) in [5, 5.41) is 0.776. The molecule has 6 heteroatoms. The zero-order valence-electron chi connectivity index (χ0n) is 23.5. The average molecular weight is 528 g/mol. The predicted octanol–water partition coefficient (Wildman–Crippen LogP) is 8.10. The average Bonchev–Trinajstić information content (AvgIpc) is 3.29. The van der Waals surface area contributed by atoms with E-state index in [1.165, 1.54) is 39.2 Å². The third-order valence-electron chi connectivity index (χ3n) is 8.48. The van der Waals surface area contributed by atoms with Crippen molar-refractivity contribution >= 4 is 28.1 Å². The predicted molar refractivity (Wildman–Crippen MR) is 156 cm³/mol. The van der Waals surface area contributed by atoms with Crippen molar-refractivity contribution in [2.24, 2.45) is 0 Å². The summed E-state index contributed by atoms with van der Waals surface area (Å²) in [6, 6.07) is 10.3. The van der Waals surface area contributed by atoms with Crippen molar-refractivity contribution in [2.45, 2.75) is 60.4 Å². The first-order valence-electron chi connectivity index (χ1n) is 13.5. The molecule has 3 aromatic carbocycles. The van der Waals surface area contributed by atoms with Crippen LogP contribution in [0.1, 0.15) is 66.2 Å². The number of halogens is 2. The zero-order chi connectivity index (χ0) is 28.2. The van der Waals surface area contributed by atoms with Crippen LogP contribution in [0.25, 0.3) is 22.0 Å². The number of fused-ring (bicyclic) bond motifs is 2. The number of aromatic nitrogens is 1. The molecule has 0 unspecified atom stereocenters. The van der Waals surface area contributed by atoms with Gasteiger partial charge in [0.05, 0.1) is 5.52 Å². The molecular formula is C33H35F2N3O. The summed E-state index contributed by atoms with van der Waals surface area (Å²) in [6.45, 7) is 11.6. The number of aryl methyl sites for hydroxylation is 2. The number of benzene rings is 3. The van der Waals surface area contributed by atoms with Crippen LogP contribution in [0.2, 0.25) is 0 Å². The number of carbonyl (C=O) groups excluding carboxylic acids is 1. The topological polar surface area (TPSA) is 51.3 Å². The lowest BCUT2D eigenvalue weighted by Crippen LogP contribution is -2.18. The van der Waals surface area contributed by atoms with Crippen LogP contribution < -0.4 is 10.6 Å². The van der Waals surface area contributed by atoms with Crippen molar-refractivity contribution < 1.29 is 13.6 Å². The van der Waals surface area contributed by atoms with Gasteiger partial charge in [-0.2, -0.15) is 0 Å². The van der Waals surface area contributed by atoms with Crippen LogP contribution in [0.3, 0.4) is 0 Å². The van der Waals surface area contributed by atoms with Crippen molar-refractivity contribution in [3.63, 3.8) is 0 Å². The van der Waals surface area contributed by atoms with Crippen LogP contribution in [-0.4, -0.2) is 17.4 Å². The highest BCUT2D eigenvalue weighted by atomic mass is 19.1. The Balaban J connectivity index is 1.71. The summed E-state index contributed by atoms with van der Waals surface area (Å²) in [5.74, 6) is -2.28. The van der Waals surface area contributed by atoms with Crippen molar-refractivity contribution in [3.05, 3.63) is 93.3 Å². The highest BCUT2D eigenvalue weighted by molar-refractivity contribution is 6.18. The fourth-order valence-corrected chi connectivity index (χ4v) is 5.94. The highest BCUT2D eigenvalue weighted by Gasteiger charge is 2.25. The van der Waals surface area contributed by atoms with Crippen LogP contribution in [0.15, 0.2) is 53.9 Å². The molecular weight excluding hydrogens is 492 g/mol. The largest absolute Gasteiger partial charge is 0.394 e. The maximum absolute atomic E-state index is 14.2.